The van der Waals surface area contributed by atoms with E-state index < -0.39 is 0 Å². The molecular weight excluding hydrogens is 276 g/mol. The van der Waals surface area contributed by atoms with Crippen molar-refractivity contribution >= 4 is 5.96 Å². The second-order valence-electron chi connectivity index (χ2n) is 6.79. The van der Waals surface area contributed by atoms with Gasteiger partial charge in [0, 0.05) is 13.1 Å². The zero-order valence-corrected chi connectivity index (χ0v) is 14.0. The third-order valence-corrected chi connectivity index (χ3v) is 5.19. The summed E-state index contributed by atoms with van der Waals surface area (Å²) in [6.45, 7) is 8.40. The lowest BCUT2D eigenvalue weighted by atomic mass is 9.65. The van der Waals surface area contributed by atoms with Gasteiger partial charge in [-0.1, -0.05) is 6.42 Å². The molecular formula is C17H28N4O. The van der Waals surface area contributed by atoms with E-state index in [0.29, 0.717) is 17.9 Å². The molecule has 122 valence electrons. The molecule has 2 aliphatic carbocycles. The van der Waals surface area contributed by atoms with Crippen molar-refractivity contribution in [2.45, 2.75) is 59.4 Å². The minimum atomic E-state index is 0.487. The summed E-state index contributed by atoms with van der Waals surface area (Å²) >= 11 is 0. The molecule has 2 aliphatic rings. The minimum Gasteiger partial charge on any atom is -0.444 e. The average molecular weight is 304 g/mol. The van der Waals surface area contributed by atoms with Crippen molar-refractivity contribution in [1.82, 2.24) is 15.6 Å². The molecule has 2 saturated carbocycles. The van der Waals surface area contributed by atoms with Crippen LogP contribution in [0.15, 0.2) is 9.41 Å². The van der Waals surface area contributed by atoms with Gasteiger partial charge in [-0.05, 0) is 57.8 Å². The number of aliphatic imine (C=N–C) groups is 1. The van der Waals surface area contributed by atoms with Gasteiger partial charge in [0.2, 0.25) is 5.89 Å². The van der Waals surface area contributed by atoms with Gasteiger partial charge in [0.05, 0.1) is 5.69 Å². The molecule has 0 saturated heterocycles. The fraction of sp³-hybridized carbons (Fsp3) is 0.765. The van der Waals surface area contributed by atoms with Crippen LogP contribution >= 0.6 is 0 Å². The van der Waals surface area contributed by atoms with Crippen LogP contribution in [0.25, 0.3) is 0 Å². The van der Waals surface area contributed by atoms with Crippen molar-refractivity contribution in [2.75, 3.05) is 13.1 Å². The maximum atomic E-state index is 5.60. The monoisotopic (exact) mass is 304 g/mol. The van der Waals surface area contributed by atoms with E-state index in [0.717, 1.165) is 36.4 Å². The maximum absolute atomic E-state index is 5.60. The molecule has 2 fully saturated rings. The van der Waals surface area contributed by atoms with Crippen molar-refractivity contribution in [3.8, 4) is 0 Å². The van der Waals surface area contributed by atoms with Gasteiger partial charge in [-0.15, -0.1) is 0 Å². The molecule has 1 aromatic heterocycles. The molecule has 0 aliphatic heterocycles. The summed E-state index contributed by atoms with van der Waals surface area (Å²) < 4.78 is 5.60. The highest BCUT2D eigenvalue weighted by Gasteiger charge is 2.48. The average Bonchev–Trinajstić information content (AvgIpc) is 3.23. The number of oxazole rings is 1. The number of nitrogens with zero attached hydrogens (tertiary/aromatic N) is 2. The van der Waals surface area contributed by atoms with Gasteiger partial charge in [-0.3, -0.25) is 0 Å². The molecule has 3 rings (SSSR count). The summed E-state index contributed by atoms with van der Waals surface area (Å²) in [5.74, 6) is 3.40. The Labute approximate surface area is 133 Å². The SMILES string of the molecule is CCNC(=NCc1nc(C)c(C)o1)NCC1(C2CC2)CCC1. The quantitative estimate of drug-likeness (QED) is 0.626. The first-order valence-corrected chi connectivity index (χ1v) is 8.58. The Hall–Kier alpha value is -1.52. The predicted octanol–water partition coefficient (Wildman–Crippen LogP) is 2.93. The standard InChI is InChI=1S/C17H28N4O/c1-4-18-16(19-10-15-21-12(2)13(3)22-15)20-11-17(8-5-9-17)14-6-7-14/h14H,4-11H2,1-3H3,(H2,18,19,20). The molecule has 0 bridgehead atoms. The van der Waals surface area contributed by atoms with Crippen LogP contribution in [-0.4, -0.2) is 24.0 Å². The van der Waals surface area contributed by atoms with Crippen molar-refractivity contribution in [3.05, 3.63) is 17.3 Å². The van der Waals surface area contributed by atoms with Gasteiger partial charge in [0.1, 0.15) is 12.3 Å². The van der Waals surface area contributed by atoms with Crippen molar-refractivity contribution in [2.24, 2.45) is 16.3 Å². The molecule has 0 aromatic carbocycles. The Morgan fingerprint density at radius 1 is 1.32 bits per heavy atom. The summed E-state index contributed by atoms with van der Waals surface area (Å²) in [7, 11) is 0. The number of nitrogens with one attached hydrogen (secondary N) is 2. The van der Waals surface area contributed by atoms with Crippen LogP contribution in [-0.2, 0) is 6.54 Å². The fourth-order valence-electron chi connectivity index (χ4n) is 3.41. The van der Waals surface area contributed by atoms with Crippen molar-refractivity contribution < 1.29 is 4.42 Å². The van der Waals surface area contributed by atoms with Gasteiger partial charge in [0.25, 0.3) is 0 Å². The van der Waals surface area contributed by atoms with E-state index in [1.54, 1.807) is 0 Å². The summed E-state index contributed by atoms with van der Waals surface area (Å²) in [5.41, 5.74) is 1.50. The van der Waals surface area contributed by atoms with Gasteiger partial charge >= 0.3 is 0 Å². The van der Waals surface area contributed by atoms with Crippen LogP contribution in [0, 0.1) is 25.2 Å². The van der Waals surface area contributed by atoms with E-state index in [-0.39, 0.29) is 0 Å². The molecule has 5 heteroatoms. The Bertz CT molecular complexity index is 521. The van der Waals surface area contributed by atoms with E-state index in [4.69, 9.17) is 4.42 Å². The first-order valence-electron chi connectivity index (χ1n) is 8.58. The molecule has 0 radical (unpaired) electrons. The van der Waals surface area contributed by atoms with Crippen LogP contribution in [0.1, 0.15) is 56.4 Å². The molecule has 1 heterocycles. The lowest BCUT2D eigenvalue weighted by molar-refractivity contribution is 0.106. The Morgan fingerprint density at radius 2 is 2.09 bits per heavy atom. The fourth-order valence-corrected chi connectivity index (χ4v) is 3.41. The molecule has 0 atom stereocenters. The van der Waals surface area contributed by atoms with Gasteiger partial charge in [-0.2, -0.15) is 0 Å². The van der Waals surface area contributed by atoms with E-state index in [1.807, 2.05) is 13.8 Å². The first-order chi connectivity index (χ1) is 10.6. The van der Waals surface area contributed by atoms with Crippen LogP contribution in [0.2, 0.25) is 0 Å². The Morgan fingerprint density at radius 3 is 2.59 bits per heavy atom. The number of guanidine groups is 1. The zero-order chi connectivity index (χ0) is 15.6. The highest BCUT2D eigenvalue weighted by Crippen LogP contribution is 2.56. The highest BCUT2D eigenvalue weighted by molar-refractivity contribution is 5.79. The van der Waals surface area contributed by atoms with Crippen LogP contribution in [0.4, 0.5) is 0 Å². The van der Waals surface area contributed by atoms with Crippen molar-refractivity contribution in [1.29, 1.82) is 0 Å². The topological polar surface area (TPSA) is 62.5 Å². The van der Waals surface area contributed by atoms with Crippen LogP contribution in [0.5, 0.6) is 0 Å². The van der Waals surface area contributed by atoms with E-state index in [2.05, 4.69) is 27.5 Å². The van der Waals surface area contributed by atoms with Crippen molar-refractivity contribution in [3.63, 3.8) is 0 Å². The molecule has 0 amide bonds. The number of aryl methyl sites for hydroxylation is 2. The first kappa shape index (κ1) is 15.4. The summed E-state index contributed by atoms with van der Waals surface area (Å²) in [6, 6.07) is 0. The van der Waals surface area contributed by atoms with Gasteiger partial charge < -0.3 is 15.1 Å². The van der Waals surface area contributed by atoms with E-state index in [9.17, 15) is 0 Å². The predicted molar refractivity (Wildman–Crippen MR) is 87.8 cm³/mol. The zero-order valence-electron chi connectivity index (χ0n) is 14.0. The lowest BCUT2D eigenvalue weighted by Crippen LogP contribution is -2.47. The number of rotatable bonds is 6. The second kappa shape index (κ2) is 6.31. The third-order valence-electron chi connectivity index (χ3n) is 5.19. The maximum Gasteiger partial charge on any atom is 0.216 e. The van der Waals surface area contributed by atoms with E-state index in [1.165, 1.54) is 32.1 Å². The molecule has 0 spiro atoms. The normalized spacial score (nSPS) is 20.6. The molecule has 2 N–H and O–H groups in total. The summed E-state index contributed by atoms with van der Waals surface area (Å²) in [4.78, 5) is 9.00. The summed E-state index contributed by atoms with van der Waals surface area (Å²) in [5, 5.41) is 6.87. The minimum absolute atomic E-state index is 0.487. The van der Waals surface area contributed by atoms with E-state index >= 15 is 0 Å². The molecule has 5 nitrogen and oxygen atoms in total. The Kier molecular flexibility index (Phi) is 4.41. The van der Waals surface area contributed by atoms with Crippen LogP contribution < -0.4 is 10.6 Å². The number of aromatic nitrogens is 1. The third kappa shape index (κ3) is 3.28. The van der Waals surface area contributed by atoms with Crippen LogP contribution in [0.3, 0.4) is 0 Å². The summed E-state index contributed by atoms with van der Waals surface area (Å²) in [6.07, 6.45) is 6.99. The molecule has 1 aromatic rings. The highest BCUT2D eigenvalue weighted by atomic mass is 16.4. The van der Waals surface area contributed by atoms with Gasteiger partial charge in [-0.25, -0.2) is 9.98 Å². The second-order valence-corrected chi connectivity index (χ2v) is 6.79. The number of hydrogen-bond donors (Lipinski definition) is 2. The van der Waals surface area contributed by atoms with Gasteiger partial charge in [0.15, 0.2) is 5.96 Å². The number of hydrogen-bond acceptors (Lipinski definition) is 3. The lowest BCUT2D eigenvalue weighted by Gasteiger charge is -2.43. The largest absolute Gasteiger partial charge is 0.444 e. The Balaban J connectivity index is 1.58. The molecule has 22 heavy (non-hydrogen) atoms. The smallest absolute Gasteiger partial charge is 0.216 e. The molecule has 0 unspecified atom stereocenters.